The molecule has 1 aliphatic carbocycles. The van der Waals surface area contributed by atoms with Gasteiger partial charge in [-0.2, -0.15) is 0 Å². The van der Waals surface area contributed by atoms with E-state index >= 15 is 0 Å². The van der Waals surface area contributed by atoms with Crippen LogP contribution in [0.4, 0.5) is 14.5 Å². The summed E-state index contributed by atoms with van der Waals surface area (Å²) in [5.74, 6) is -2.30. The second-order valence-electron chi connectivity index (χ2n) is 5.96. The summed E-state index contributed by atoms with van der Waals surface area (Å²) in [6, 6.07) is 3.29. The van der Waals surface area contributed by atoms with Crippen LogP contribution in [0, 0.1) is 23.5 Å². The van der Waals surface area contributed by atoms with Crippen LogP contribution in [0.25, 0.3) is 0 Å². The fourth-order valence-corrected chi connectivity index (χ4v) is 2.83. The monoisotopic (exact) mass is 324 g/mol. The van der Waals surface area contributed by atoms with Crippen molar-refractivity contribution < 1.29 is 18.4 Å². The quantitative estimate of drug-likeness (QED) is 0.873. The number of carbonyl (C=O) groups is 2. The summed E-state index contributed by atoms with van der Waals surface area (Å²) in [5, 5.41) is 5.49. The van der Waals surface area contributed by atoms with Gasteiger partial charge in [0.15, 0.2) is 11.6 Å². The number of hydrogen-bond acceptors (Lipinski definition) is 2. The first-order valence-corrected chi connectivity index (χ1v) is 8.05. The molecule has 2 rings (SSSR count). The van der Waals surface area contributed by atoms with Gasteiger partial charge in [0, 0.05) is 30.1 Å². The highest BCUT2D eigenvalue weighted by atomic mass is 19.2. The number of benzene rings is 1. The predicted octanol–water partition coefficient (Wildman–Crippen LogP) is 3.24. The van der Waals surface area contributed by atoms with Gasteiger partial charge in [0.1, 0.15) is 0 Å². The largest absolute Gasteiger partial charge is 0.356 e. The van der Waals surface area contributed by atoms with Crippen molar-refractivity contribution in [2.24, 2.45) is 11.8 Å². The predicted molar refractivity (Wildman–Crippen MR) is 83.7 cm³/mol. The molecule has 1 fully saturated rings. The van der Waals surface area contributed by atoms with Gasteiger partial charge in [0.2, 0.25) is 11.8 Å². The number of amides is 2. The van der Waals surface area contributed by atoms with Crippen molar-refractivity contribution in [2.75, 3.05) is 11.9 Å². The maximum Gasteiger partial charge on any atom is 0.227 e. The number of rotatable bonds is 5. The van der Waals surface area contributed by atoms with E-state index in [0.717, 1.165) is 18.6 Å². The second kappa shape index (κ2) is 8.04. The van der Waals surface area contributed by atoms with E-state index in [2.05, 4.69) is 10.6 Å². The minimum Gasteiger partial charge on any atom is -0.356 e. The fraction of sp³-hybridized carbons (Fsp3) is 0.529. The Hall–Kier alpha value is -1.98. The van der Waals surface area contributed by atoms with Crippen LogP contribution in [0.5, 0.6) is 0 Å². The topological polar surface area (TPSA) is 58.2 Å². The Morgan fingerprint density at radius 1 is 1.04 bits per heavy atom. The first-order chi connectivity index (χ1) is 11.0. The molecule has 1 aromatic rings. The van der Waals surface area contributed by atoms with Gasteiger partial charge in [0.25, 0.3) is 0 Å². The van der Waals surface area contributed by atoms with Crippen molar-refractivity contribution >= 4 is 17.5 Å². The molecule has 0 radical (unpaired) electrons. The molecule has 0 atom stereocenters. The summed E-state index contributed by atoms with van der Waals surface area (Å²) >= 11 is 0. The van der Waals surface area contributed by atoms with Crippen LogP contribution in [0.2, 0.25) is 0 Å². The SMILES string of the molecule is CCCNC(=O)C1CCC(C(=O)Nc2ccc(F)c(F)c2)CC1. The van der Waals surface area contributed by atoms with Crippen molar-refractivity contribution in [3.63, 3.8) is 0 Å². The van der Waals surface area contributed by atoms with Crippen LogP contribution in [0.15, 0.2) is 18.2 Å². The van der Waals surface area contributed by atoms with Gasteiger partial charge >= 0.3 is 0 Å². The Morgan fingerprint density at radius 3 is 2.22 bits per heavy atom. The third kappa shape index (κ3) is 4.74. The molecule has 0 unspecified atom stereocenters. The molecule has 0 bridgehead atoms. The molecule has 0 aromatic heterocycles. The highest BCUT2D eigenvalue weighted by Gasteiger charge is 2.29. The van der Waals surface area contributed by atoms with Gasteiger partial charge in [-0.25, -0.2) is 8.78 Å². The fourth-order valence-electron chi connectivity index (χ4n) is 2.83. The molecule has 23 heavy (non-hydrogen) atoms. The Balaban J connectivity index is 1.83. The van der Waals surface area contributed by atoms with E-state index in [4.69, 9.17) is 0 Å². The molecule has 1 aliphatic rings. The summed E-state index contributed by atoms with van der Waals surface area (Å²) in [7, 11) is 0. The zero-order valence-electron chi connectivity index (χ0n) is 13.2. The van der Waals surface area contributed by atoms with E-state index in [1.54, 1.807) is 0 Å². The minimum atomic E-state index is -0.987. The molecule has 0 aliphatic heterocycles. The van der Waals surface area contributed by atoms with Crippen LogP contribution >= 0.6 is 0 Å². The van der Waals surface area contributed by atoms with Crippen LogP contribution in [0.3, 0.4) is 0 Å². The first kappa shape index (κ1) is 17.4. The lowest BCUT2D eigenvalue weighted by molar-refractivity contribution is -0.128. The lowest BCUT2D eigenvalue weighted by atomic mass is 9.81. The van der Waals surface area contributed by atoms with Gasteiger partial charge in [0.05, 0.1) is 0 Å². The lowest BCUT2D eigenvalue weighted by Crippen LogP contribution is -2.35. The van der Waals surface area contributed by atoms with E-state index in [-0.39, 0.29) is 29.3 Å². The van der Waals surface area contributed by atoms with E-state index in [1.807, 2.05) is 6.92 Å². The number of nitrogens with one attached hydrogen (secondary N) is 2. The highest BCUT2D eigenvalue weighted by molar-refractivity contribution is 5.92. The van der Waals surface area contributed by atoms with Crippen LogP contribution in [-0.2, 0) is 9.59 Å². The van der Waals surface area contributed by atoms with E-state index in [9.17, 15) is 18.4 Å². The number of carbonyl (C=O) groups excluding carboxylic acids is 2. The number of halogens is 2. The summed E-state index contributed by atoms with van der Waals surface area (Å²) in [6.07, 6.45) is 3.49. The zero-order valence-corrected chi connectivity index (χ0v) is 13.2. The van der Waals surface area contributed by atoms with E-state index in [1.165, 1.54) is 6.07 Å². The van der Waals surface area contributed by atoms with Crippen molar-refractivity contribution in [3.8, 4) is 0 Å². The first-order valence-electron chi connectivity index (χ1n) is 8.05. The second-order valence-corrected chi connectivity index (χ2v) is 5.96. The molecule has 126 valence electrons. The standard InChI is InChI=1S/C17H22F2N2O2/c1-2-9-20-16(22)11-3-5-12(6-4-11)17(23)21-13-7-8-14(18)15(19)10-13/h7-8,10-12H,2-6,9H2,1H3,(H,20,22)(H,21,23). The Labute approximate surface area is 134 Å². The smallest absolute Gasteiger partial charge is 0.227 e. The van der Waals surface area contributed by atoms with Crippen LogP contribution in [0.1, 0.15) is 39.0 Å². The van der Waals surface area contributed by atoms with Gasteiger partial charge in [-0.15, -0.1) is 0 Å². The molecular formula is C17H22F2N2O2. The Morgan fingerprint density at radius 2 is 1.65 bits per heavy atom. The van der Waals surface area contributed by atoms with Crippen molar-refractivity contribution in [3.05, 3.63) is 29.8 Å². The van der Waals surface area contributed by atoms with E-state index < -0.39 is 11.6 Å². The van der Waals surface area contributed by atoms with Gasteiger partial charge < -0.3 is 10.6 Å². The van der Waals surface area contributed by atoms with Crippen molar-refractivity contribution in [1.82, 2.24) is 5.32 Å². The van der Waals surface area contributed by atoms with Gasteiger partial charge in [-0.05, 0) is 44.2 Å². The molecule has 2 N–H and O–H groups in total. The van der Waals surface area contributed by atoms with E-state index in [0.29, 0.717) is 32.2 Å². The molecule has 2 amide bonds. The summed E-state index contributed by atoms with van der Waals surface area (Å²) < 4.78 is 26.0. The summed E-state index contributed by atoms with van der Waals surface area (Å²) in [6.45, 7) is 2.68. The highest BCUT2D eigenvalue weighted by Crippen LogP contribution is 2.30. The lowest BCUT2D eigenvalue weighted by Gasteiger charge is -2.27. The molecule has 1 saturated carbocycles. The molecule has 0 heterocycles. The minimum absolute atomic E-state index is 0.0335. The van der Waals surface area contributed by atoms with Gasteiger partial charge in [-0.3, -0.25) is 9.59 Å². The average molecular weight is 324 g/mol. The van der Waals surface area contributed by atoms with Crippen LogP contribution in [-0.4, -0.2) is 18.4 Å². The maximum atomic E-state index is 13.1. The van der Waals surface area contributed by atoms with Crippen LogP contribution < -0.4 is 10.6 Å². The van der Waals surface area contributed by atoms with Crippen molar-refractivity contribution in [1.29, 1.82) is 0 Å². The Kier molecular flexibility index (Phi) is 6.07. The molecule has 0 saturated heterocycles. The maximum absolute atomic E-state index is 13.1. The molecule has 1 aromatic carbocycles. The number of anilines is 1. The normalized spacial score (nSPS) is 20.8. The van der Waals surface area contributed by atoms with Crippen molar-refractivity contribution in [2.45, 2.75) is 39.0 Å². The third-order valence-electron chi connectivity index (χ3n) is 4.21. The summed E-state index contributed by atoms with van der Waals surface area (Å²) in [5.41, 5.74) is 0.247. The average Bonchev–Trinajstić information content (AvgIpc) is 2.56. The molecular weight excluding hydrogens is 302 g/mol. The van der Waals surface area contributed by atoms with Gasteiger partial charge in [-0.1, -0.05) is 6.92 Å². The molecule has 0 spiro atoms. The zero-order chi connectivity index (χ0) is 16.8. The molecule has 6 heteroatoms. The summed E-state index contributed by atoms with van der Waals surface area (Å²) in [4.78, 5) is 24.1. The third-order valence-corrected chi connectivity index (χ3v) is 4.21. The molecule has 4 nitrogen and oxygen atoms in total. The Bertz CT molecular complexity index is 570. The number of hydrogen-bond donors (Lipinski definition) is 2.